The Hall–Kier alpha value is -5.28. The topological polar surface area (TPSA) is 103 Å². The van der Waals surface area contributed by atoms with Gasteiger partial charge in [0.25, 0.3) is 0 Å². The molecule has 0 unspecified atom stereocenters. The lowest BCUT2D eigenvalue weighted by atomic mass is 9.94. The number of allylic oxidation sites excluding steroid dienone is 4. The van der Waals surface area contributed by atoms with E-state index in [4.69, 9.17) is 14.2 Å². The quantitative estimate of drug-likeness (QED) is 0.134. The fourth-order valence-electron chi connectivity index (χ4n) is 5.60. The van der Waals surface area contributed by atoms with Gasteiger partial charge in [0.15, 0.2) is 23.1 Å². The van der Waals surface area contributed by atoms with Crippen molar-refractivity contribution in [3.8, 4) is 17.2 Å². The molecule has 1 saturated heterocycles. The van der Waals surface area contributed by atoms with E-state index in [2.05, 4.69) is 20.2 Å². The van der Waals surface area contributed by atoms with E-state index in [0.717, 1.165) is 31.6 Å². The van der Waals surface area contributed by atoms with Gasteiger partial charge in [-0.3, -0.25) is 9.59 Å². The van der Waals surface area contributed by atoms with E-state index in [1.807, 2.05) is 66.7 Å². The Kier molecular flexibility index (Phi) is 9.80. The van der Waals surface area contributed by atoms with Crippen LogP contribution < -0.4 is 19.5 Å². The maximum Gasteiger partial charge on any atom is 0.186 e. The number of hydrogen-bond donors (Lipinski definition) is 1. The second kappa shape index (κ2) is 14.7. The molecule has 4 aromatic rings. The number of methoxy groups -OCH3 is 1. The summed E-state index contributed by atoms with van der Waals surface area (Å²) in [6.07, 6.45) is 12.7. The Labute approximate surface area is 268 Å². The van der Waals surface area contributed by atoms with Crippen LogP contribution in [0, 0.1) is 0 Å². The summed E-state index contributed by atoms with van der Waals surface area (Å²) in [6, 6.07) is 19.0. The lowest BCUT2D eigenvalue weighted by Gasteiger charge is -2.18. The Morgan fingerprint density at radius 2 is 1.78 bits per heavy atom. The molecule has 0 spiro atoms. The van der Waals surface area contributed by atoms with Crippen LogP contribution in [0.3, 0.4) is 0 Å². The van der Waals surface area contributed by atoms with Gasteiger partial charge in [-0.15, -0.1) is 0 Å². The highest BCUT2D eigenvalue weighted by atomic mass is 16.5. The monoisotopic (exact) mass is 616 g/mol. The van der Waals surface area contributed by atoms with Crippen molar-refractivity contribution in [3.63, 3.8) is 0 Å². The average Bonchev–Trinajstić information content (AvgIpc) is 3.61. The third kappa shape index (κ3) is 7.50. The van der Waals surface area contributed by atoms with Crippen molar-refractivity contribution in [2.45, 2.75) is 19.3 Å². The summed E-state index contributed by atoms with van der Waals surface area (Å²) in [4.78, 5) is 36.7. The molecule has 9 nitrogen and oxygen atoms in total. The molecule has 0 atom stereocenters. The summed E-state index contributed by atoms with van der Waals surface area (Å²) in [7, 11) is 1.60. The second-order valence-corrected chi connectivity index (χ2v) is 11.1. The minimum absolute atomic E-state index is 0.261. The number of nitrogens with one attached hydrogen (secondary N) is 1. The molecule has 0 radical (unpaired) electrons. The SMILES string of the molecule is COc1cc2c(Nc3ccc(OC/C=C/c4ccccc4)cc3C3=CC(=O)C=CC3=O)ncnc2cc1OCCCN1CCCC1. The number of benzene rings is 3. The molecule has 3 aromatic carbocycles. The molecule has 9 heteroatoms. The molecule has 1 aliphatic carbocycles. The maximum atomic E-state index is 12.9. The molecule has 1 fully saturated rings. The zero-order valence-electron chi connectivity index (χ0n) is 25.8. The van der Waals surface area contributed by atoms with Crippen molar-refractivity contribution in [1.82, 2.24) is 14.9 Å². The number of anilines is 2. The fraction of sp³-hybridized carbons (Fsp3) is 0.243. The number of carbonyl (C=O) groups excluding carboxylic acids is 2. The predicted octanol–water partition coefficient (Wildman–Crippen LogP) is 6.43. The van der Waals surface area contributed by atoms with Gasteiger partial charge in [0.2, 0.25) is 0 Å². The highest BCUT2D eigenvalue weighted by Crippen LogP contribution is 2.37. The van der Waals surface area contributed by atoms with Crippen LogP contribution in [0.25, 0.3) is 22.6 Å². The van der Waals surface area contributed by atoms with Gasteiger partial charge in [-0.1, -0.05) is 36.4 Å². The summed E-state index contributed by atoms with van der Waals surface area (Å²) >= 11 is 0. The number of carbonyl (C=O) groups is 2. The molecule has 1 aromatic heterocycles. The molecule has 2 heterocycles. The maximum absolute atomic E-state index is 12.9. The van der Waals surface area contributed by atoms with Crippen LogP contribution in [0.1, 0.15) is 30.4 Å². The van der Waals surface area contributed by atoms with Crippen molar-refractivity contribution in [1.29, 1.82) is 0 Å². The second-order valence-electron chi connectivity index (χ2n) is 11.1. The van der Waals surface area contributed by atoms with E-state index in [-0.39, 0.29) is 17.1 Å². The molecule has 0 saturated carbocycles. The summed E-state index contributed by atoms with van der Waals surface area (Å²) < 4.78 is 17.8. The van der Waals surface area contributed by atoms with Crippen molar-refractivity contribution >= 4 is 45.6 Å². The van der Waals surface area contributed by atoms with Crippen LogP contribution >= 0.6 is 0 Å². The Morgan fingerprint density at radius 3 is 2.61 bits per heavy atom. The van der Waals surface area contributed by atoms with Crippen LogP contribution in [0.5, 0.6) is 17.2 Å². The van der Waals surface area contributed by atoms with E-state index in [1.54, 1.807) is 13.2 Å². The number of aromatic nitrogens is 2. The normalized spacial score (nSPS) is 15.0. The van der Waals surface area contributed by atoms with Gasteiger partial charge in [0.1, 0.15) is 24.5 Å². The molecule has 6 rings (SSSR count). The standard InChI is InChI=1S/C37H36N4O5/c1-44-35-23-31-33(24-36(35)46-20-8-18-41-16-5-6-17-41)38-25-39-37(31)40-32-14-13-28(45-19-7-11-26-9-3-2-4-10-26)22-29(32)30-21-27(42)12-15-34(30)43/h2-4,7,9-15,21-25H,5-6,8,16-20H2,1H3,(H,38,39,40)/b11-7+. The van der Waals surface area contributed by atoms with Crippen LogP contribution in [0.2, 0.25) is 0 Å². The zero-order valence-corrected chi connectivity index (χ0v) is 25.8. The first kappa shape index (κ1) is 30.7. The van der Waals surface area contributed by atoms with E-state index in [0.29, 0.717) is 58.4 Å². The van der Waals surface area contributed by atoms with E-state index >= 15 is 0 Å². The highest BCUT2D eigenvalue weighted by molar-refractivity contribution is 6.34. The number of fused-ring (bicyclic) bond motifs is 1. The largest absolute Gasteiger partial charge is 0.493 e. The summed E-state index contributed by atoms with van der Waals surface area (Å²) in [5.74, 6) is 1.71. The first-order chi connectivity index (χ1) is 22.6. The lowest BCUT2D eigenvalue weighted by Crippen LogP contribution is -2.21. The predicted molar refractivity (Wildman–Crippen MR) is 180 cm³/mol. The van der Waals surface area contributed by atoms with Gasteiger partial charge < -0.3 is 24.4 Å². The molecular formula is C37H36N4O5. The number of likely N-dealkylation sites (tertiary alicyclic amines) is 1. The van der Waals surface area contributed by atoms with Gasteiger partial charge in [-0.25, -0.2) is 9.97 Å². The van der Waals surface area contributed by atoms with Gasteiger partial charge >= 0.3 is 0 Å². The summed E-state index contributed by atoms with van der Waals surface area (Å²) in [6.45, 7) is 4.24. The molecule has 1 aliphatic heterocycles. The fourth-order valence-corrected chi connectivity index (χ4v) is 5.60. The van der Waals surface area contributed by atoms with E-state index < -0.39 is 0 Å². The van der Waals surface area contributed by atoms with Crippen LogP contribution in [0.4, 0.5) is 11.5 Å². The van der Waals surface area contributed by atoms with Crippen LogP contribution in [-0.2, 0) is 9.59 Å². The summed E-state index contributed by atoms with van der Waals surface area (Å²) in [5.41, 5.74) is 3.10. The number of ketones is 2. The van der Waals surface area contributed by atoms with Crippen molar-refractivity contribution in [2.75, 3.05) is 45.3 Å². The van der Waals surface area contributed by atoms with Gasteiger partial charge in [-0.05, 0) is 86.5 Å². The average molecular weight is 617 g/mol. The molecule has 1 N–H and O–H groups in total. The first-order valence-electron chi connectivity index (χ1n) is 15.5. The Balaban J connectivity index is 1.24. The lowest BCUT2D eigenvalue weighted by molar-refractivity contribution is -0.113. The minimum atomic E-state index is -0.274. The van der Waals surface area contributed by atoms with E-state index in [1.165, 1.54) is 37.4 Å². The Morgan fingerprint density at radius 1 is 0.935 bits per heavy atom. The molecular weight excluding hydrogens is 580 g/mol. The Bertz CT molecular complexity index is 1810. The number of nitrogens with zero attached hydrogens (tertiary/aromatic N) is 3. The number of rotatable bonds is 13. The minimum Gasteiger partial charge on any atom is -0.493 e. The van der Waals surface area contributed by atoms with Crippen molar-refractivity contribution < 1.29 is 23.8 Å². The van der Waals surface area contributed by atoms with Gasteiger partial charge in [-0.2, -0.15) is 0 Å². The molecule has 46 heavy (non-hydrogen) atoms. The third-order valence-electron chi connectivity index (χ3n) is 7.94. The molecule has 2 aliphatic rings. The highest BCUT2D eigenvalue weighted by Gasteiger charge is 2.21. The first-order valence-corrected chi connectivity index (χ1v) is 15.5. The summed E-state index contributed by atoms with van der Waals surface area (Å²) in [5, 5.41) is 4.08. The van der Waals surface area contributed by atoms with Crippen LogP contribution in [0.15, 0.2) is 91.3 Å². The third-order valence-corrected chi connectivity index (χ3v) is 7.94. The zero-order chi connectivity index (χ0) is 31.7. The van der Waals surface area contributed by atoms with Crippen molar-refractivity contribution in [3.05, 3.63) is 102 Å². The van der Waals surface area contributed by atoms with E-state index in [9.17, 15) is 9.59 Å². The molecule has 0 bridgehead atoms. The van der Waals surface area contributed by atoms with Gasteiger partial charge in [0.05, 0.1) is 19.2 Å². The molecule has 234 valence electrons. The van der Waals surface area contributed by atoms with Gasteiger partial charge in [0, 0.05) is 34.8 Å². The van der Waals surface area contributed by atoms with Crippen LogP contribution in [-0.4, -0.2) is 66.4 Å². The number of hydrogen-bond acceptors (Lipinski definition) is 9. The molecule has 0 amide bonds. The van der Waals surface area contributed by atoms with Crippen molar-refractivity contribution in [2.24, 2.45) is 0 Å². The number of ether oxygens (including phenoxy) is 3. The smallest absolute Gasteiger partial charge is 0.186 e.